The van der Waals surface area contributed by atoms with Gasteiger partial charge in [0, 0.05) is 0 Å². The Morgan fingerprint density at radius 1 is 1.18 bits per heavy atom. The molecule has 4 saturated carbocycles. The first kappa shape index (κ1) is 11.7. The molecule has 1 unspecified atom stereocenters. The second kappa shape index (κ2) is 3.55. The SMILES string of the molecule is CC(=O)C(C)(F)CC12CC3CC(CC(C3)C1)C2. The number of carbonyl (C=O) groups is 1. The minimum absolute atomic E-state index is 0.171. The van der Waals surface area contributed by atoms with E-state index in [9.17, 15) is 9.18 Å². The number of Topliss-reactive ketones (excluding diaryl/α,β-unsaturated/α-hetero) is 1. The Morgan fingerprint density at radius 3 is 1.94 bits per heavy atom. The van der Waals surface area contributed by atoms with E-state index < -0.39 is 5.67 Å². The van der Waals surface area contributed by atoms with E-state index in [0.29, 0.717) is 6.42 Å². The van der Waals surface area contributed by atoms with Crippen molar-refractivity contribution in [1.29, 1.82) is 0 Å². The Balaban J connectivity index is 1.80. The molecule has 0 heterocycles. The van der Waals surface area contributed by atoms with Gasteiger partial charge in [-0.25, -0.2) is 4.39 Å². The summed E-state index contributed by atoms with van der Waals surface area (Å²) in [4.78, 5) is 11.4. The Morgan fingerprint density at radius 2 is 1.59 bits per heavy atom. The molecule has 2 heteroatoms. The predicted octanol–water partition coefficient (Wildman–Crippen LogP) is 3.91. The van der Waals surface area contributed by atoms with Crippen LogP contribution in [0.3, 0.4) is 0 Å². The number of halogens is 1. The molecule has 0 spiro atoms. The summed E-state index contributed by atoms with van der Waals surface area (Å²) in [6, 6.07) is 0. The van der Waals surface area contributed by atoms with E-state index >= 15 is 0 Å². The van der Waals surface area contributed by atoms with Crippen LogP contribution in [0.2, 0.25) is 0 Å². The molecule has 0 aliphatic heterocycles. The summed E-state index contributed by atoms with van der Waals surface area (Å²) in [7, 11) is 0. The third-order valence-corrected chi connectivity index (χ3v) is 5.61. The zero-order valence-corrected chi connectivity index (χ0v) is 11.0. The smallest absolute Gasteiger partial charge is 0.166 e. The molecule has 4 bridgehead atoms. The molecule has 4 fully saturated rings. The van der Waals surface area contributed by atoms with Crippen molar-refractivity contribution >= 4 is 5.78 Å². The van der Waals surface area contributed by atoms with Crippen molar-refractivity contribution in [3.05, 3.63) is 0 Å². The van der Waals surface area contributed by atoms with Gasteiger partial charge >= 0.3 is 0 Å². The molecule has 4 aliphatic carbocycles. The van der Waals surface area contributed by atoms with Crippen LogP contribution in [0.4, 0.5) is 4.39 Å². The van der Waals surface area contributed by atoms with Crippen molar-refractivity contribution < 1.29 is 9.18 Å². The fraction of sp³-hybridized carbons (Fsp3) is 0.933. The van der Waals surface area contributed by atoms with E-state index in [1.807, 2.05) is 0 Å². The van der Waals surface area contributed by atoms with E-state index in [1.165, 1.54) is 52.4 Å². The van der Waals surface area contributed by atoms with Gasteiger partial charge in [-0.05, 0) is 82.0 Å². The molecule has 17 heavy (non-hydrogen) atoms. The van der Waals surface area contributed by atoms with Crippen LogP contribution >= 0.6 is 0 Å². The molecular formula is C15H23FO. The minimum atomic E-state index is -1.59. The number of hydrogen-bond acceptors (Lipinski definition) is 1. The van der Waals surface area contributed by atoms with Crippen LogP contribution in [0.1, 0.15) is 58.8 Å². The van der Waals surface area contributed by atoms with Gasteiger partial charge in [0.1, 0.15) is 0 Å². The topological polar surface area (TPSA) is 17.1 Å². The van der Waals surface area contributed by atoms with Gasteiger partial charge in [-0.1, -0.05) is 0 Å². The fourth-order valence-electron chi connectivity index (χ4n) is 5.34. The van der Waals surface area contributed by atoms with Gasteiger partial charge in [0.25, 0.3) is 0 Å². The van der Waals surface area contributed by atoms with Crippen LogP contribution in [0.15, 0.2) is 0 Å². The first-order chi connectivity index (χ1) is 7.89. The number of carbonyl (C=O) groups excluding carboxylic acids is 1. The van der Waals surface area contributed by atoms with E-state index in [0.717, 1.165) is 17.8 Å². The van der Waals surface area contributed by atoms with Crippen molar-refractivity contribution in [3.8, 4) is 0 Å². The molecule has 4 aliphatic rings. The number of alkyl halides is 1. The van der Waals surface area contributed by atoms with Gasteiger partial charge in [-0.2, -0.15) is 0 Å². The highest BCUT2D eigenvalue weighted by Crippen LogP contribution is 2.62. The first-order valence-corrected chi connectivity index (χ1v) is 7.09. The summed E-state index contributed by atoms with van der Waals surface area (Å²) >= 11 is 0. The van der Waals surface area contributed by atoms with Crippen LogP contribution in [0, 0.1) is 23.2 Å². The van der Waals surface area contributed by atoms with E-state index in [1.54, 1.807) is 0 Å². The highest BCUT2D eigenvalue weighted by molar-refractivity contribution is 5.84. The molecule has 0 aromatic rings. The van der Waals surface area contributed by atoms with Gasteiger partial charge < -0.3 is 0 Å². The molecule has 0 N–H and O–H groups in total. The zero-order chi connectivity index (χ0) is 12.3. The Hall–Kier alpha value is -0.400. The fourth-order valence-corrected chi connectivity index (χ4v) is 5.34. The molecule has 0 radical (unpaired) electrons. The van der Waals surface area contributed by atoms with Crippen molar-refractivity contribution in [3.63, 3.8) is 0 Å². The Bertz CT molecular complexity index is 310. The van der Waals surface area contributed by atoms with Crippen LogP contribution in [0.25, 0.3) is 0 Å². The molecule has 4 rings (SSSR count). The maximum absolute atomic E-state index is 14.4. The maximum Gasteiger partial charge on any atom is 0.166 e. The Kier molecular flexibility index (Phi) is 2.44. The van der Waals surface area contributed by atoms with Gasteiger partial charge in [-0.3, -0.25) is 4.79 Å². The lowest BCUT2D eigenvalue weighted by Gasteiger charge is -2.57. The average molecular weight is 238 g/mol. The lowest BCUT2D eigenvalue weighted by atomic mass is 9.48. The largest absolute Gasteiger partial charge is 0.296 e. The predicted molar refractivity (Wildman–Crippen MR) is 65.4 cm³/mol. The molecule has 0 aromatic heterocycles. The van der Waals surface area contributed by atoms with Crippen LogP contribution in [0.5, 0.6) is 0 Å². The lowest BCUT2D eigenvalue weighted by molar-refractivity contribution is -0.135. The van der Waals surface area contributed by atoms with E-state index in [2.05, 4.69) is 0 Å². The van der Waals surface area contributed by atoms with Crippen LogP contribution < -0.4 is 0 Å². The normalized spacial score (nSPS) is 46.9. The summed E-state index contributed by atoms with van der Waals surface area (Å²) in [6.07, 6.45) is 8.18. The second-order valence-corrected chi connectivity index (χ2v) is 7.35. The van der Waals surface area contributed by atoms with Gasteiger partial charge in [0.2, 0.25) is 0 Å². The van der Waals surface area contributed by atoms with Crippen molar-refractivity contribution in [1.82, 2.24) is 0 Å². The second-order valence-electron chi connectivity index (χ2n) is 7.35. The van der Waals surface area contributed by atoms with Crippen molar-refractivity contribution in [2.24, 2.45) is 23.2 Å². The van der Waals surface area contributed by atoms with Gasteiger partial charge in [-0.15, -0.1) is 0 Å². The van der Waals surface area contributed by atoms with Crippen molar-refractivity contribution in [2.45, 2.75) is 64.5 Å². The van der Waals surface area contributed by atoms with Crippen LogP contribution in [-0.2, 0) is 4.79 Å². The van der Waals surface area contributed by atoms with Crippen LogP contribution in [-0.4, -0.2) is 11.5 Å². The molecule has 0 aromatic carbocycles. The summed E-state index contributed by atoms with van der Waals surface area (Å²) in [5.41, 5.74) is -1.42. The molecular weight excluding hydrogens is 215 g/mol. The highest BCUT2D eigenvalue weighted by atomic mass is 19.1. The van der Waals surface area contributed by atoms with Crippen molar-refractivity contribution in [2.75, 3.05) is 0 Å². The summed E-state index contributed by atoms with van der Waals surface area (Å²) in [6.45, 7) is 2.90. The lowest BCUT2D eigenvalue weighted by Crippen LogP contribution is -2.49. The first-order valence-electron chi connectivity index (χ1n) is 7.09. The third kappa shape index (κ3) is 1.94. The Labute approximate surface area is 103 Å². The number of rotatable bonds is 3. The van der Waals surface area contributed by atoms with E-state index in [4.69, 9.17) is 0 Å². The molecule has 1 atom stereocenters. The summed E-state index contributed by atoms with van der Waals surface area (Å²) < 4.78 is 14.4. The third-order valence-electron chi connectivity index (χ3n) is 5.61. The quantitative estimate of drug-likeness (QED) is 0.728. The average Bonchev–Trinajstić information content (AvgIpc) is 2.12. The van der Waals surface area contributed by atoms with E-state index in [-0.39, 0.29) is 11.2 Å². The maximum atomic E-state index is 14.4. The molecule has 96 valence electrons. The number of ketones is 1. The highest BCUT2D eigenvalue weighted by Gasteiger charge is 2.53. The molecule has 0 saturated heterocycles. The zero-order valence-electron chi connectivity index (χ0n) is 11.0. The van der Waals surface area contributed by atoms with Gasteiger partial charge in [0.15, 0.2) is 11.5 Å². The van der Waals surface area contributed by atoms with Gasteiger partial charge in [0.05, 0.1) is 0 Å². The standard InChI is InChI=1S/C15H23FO/c1-10(17)14(2,16)9-15-6-11-3-12(7-15)5-13(4-11)8-15/h11-13H,3-9H2,1-2H3. The monoisotopic (exact) mass is 238 g/mol. The molecule has 0 amide bonds. The summed E-state index contributed by atoms with van der Waals surface area (Å²) in [5.74, 6) is 2.23. The summed E-state index contributed by atoms with van der Waals surface area (Å²) in [5, 5.41) is 0. The molecule has 1 nitrogen and oxygen atoms in total. The number of hydrogen-bond donors (Lipinski definition) is 0. The minimum Gasteiger partial charge on any atom is -0.296 e.